The van der Waals surface area contributed by atoms with Crippen LogP contribution in [0.25, 0.3) is 0 Å². The van der Waals surface area contributed by atoms with Crippen molar-refractivity contribution in [2.75, 3.05) is 11.4 Å². The second kappa shape index (κ2) is 5.21. The Morgan fingerprint density at radius 1 is 1.47 bits per heavy atom. The summed E-state index contributed by atoms with van der Waals surface area (Å²) in [5, 5.41) is 19.6. The Bertz CT molecular complexity index is 511. The molecule has 6 nitrogen and oxygen atoms in total. The van der Waals surface area contributed by atoms with E-state index in [-0.39, 0.29) is 17.6 Å². The second-order valence-electron chi connectivity index (χ2n) is 5.32. The lowest BCUT2D eigenvalue weighted by Gasteiger charge is -2.27. The molecule has 0 aliphatic heterocycles. The van der Waals surface area contributed by atoms with Gasteiger partial charge in [-0.3, -0.25) is 15.0 Å². The van der Waals surface area contributed by atoms with E-state index in [0.717, 1.165) is 17.0 Å². The molecule has 0 saturated heterocycles. The van der Waals surface area contributed by atoms with Crippen LogP contribution in [-0.2, 0) is 0 Å². The van der Waals surface area contributed by atoms with Crippen LogP contribution in [-0.4, -0.2) is 22.7 Å². The molecule has 19 heavy (non-hydrogen) atoms. The number of hydrogen-bond donors (Lipinski definition) is 1. The third-order valence-corrected chi connectivity index (χ3v) is 2.30. The molecule has 0 bridgehead atoms. The van der Waals surface area contributed by atoms with Gasteiger partial charge in [0.05, 0.1) is 10.6 Å². The number of rotatable bonds is 3. The van der Waals surface area contributed by atoms with Crippen LogP contribution < -0.4 is 4.90 Å². The van der Waals surface area contributed by atoms with Crippen LogP contribution in [0.3, 0.4) is 0 Å². The predicted molar refractivity (Wildman–Crippen MR) is 67.9 cm³/mol. The maximum Gasteiger partial charge on any atom is 0.411 e. The van der Waals surface area contributed by atoms with Gasteiger partial charge in [-0.05, 0) is 11.5 Å². The van der Waals surface area contributed by atoms with E-state index in [4.69, 9.17) is 5.11 Å². The Balaban J connectivity index is 3.15. The standard InChI is InChI=1S/C12H15FN2O4/c1-12(2,3)7-14(11(16)17)8-4-5-10(15(18)19)9(13)6-8/h4-6H,7H2,1-3H3,(H,16,17). The monoisotopic (exact) mass is 270 g/mol. The van der Waals surface area contributed by atoms with Gasteiger partial charge in [-0.25, -0.2) is 4.79 Å². The minimum absolute atomic E-state index is 0.0746. The van der Waals surface area contributed by atoms with Crippen LogP contribution >= 0.6 is 0 Å². The molecule has 0 atom stereocenters. The van der Waals surface area contributed by atoms with Gasteiger partial charge in [0.25, 0.3) is 0 Å². The minimum Gasteiger partial charge on any atom is -0.465 e. The molecule has 1 aromatic carbocycles. The van der Waals surface area contributed by atoms with Crippen molar-refractivity contribution in [1.29, 1.82) is 0 Å². The molecule has 0 aromatic heterocycles. The number of nitro groups is 1. The Morgan fingerprint density at radius 2 is 2.05 bits per heavy atom. The van der Waals surface area contributed by atoms with E-state index in [1.807, 2.05) is 20.8 Å². The third kappa shape index (κ3) is 3.90. The van der Waals surface area contributed by atoms with Crippen LogP contribution in [0.15, 0.2) is 18.2 Å². The molecule has 0 saturated carbocycles. The number of amides is 1. The van der Waals surface area contributed by atoms with Crippen molar-refractivity contribution in [1.82, 2.24) is 0 Å². The molecule has 1 N–H and O–H groups in total. The van der Waals surface area contributed by atoms with Gasteiger partial charge in [-0.1, -0.05) is 20.8 Å². The van der Waals surface area contributed by atoms with Crippen molar-refractivity contribution in [3.8, 4) is 0 Å². The minimum atomic E-state index is -1.23. The summed E-state index contributed by atoms with van der Waals surface area (Å²) < 4.78 is 13.5. The van der Waals surface area contributed by atoms with Gasteiger partial charge in [0.2, 0.25) is 5.82 Å². The fourth-order valence-electron chi connectivity index (χ4n) is 1.56. The highest BCUT2D eigenvalue weighted by molar-refractivity contribution is 5.86. The highest BCUT2D eigenvalue weighted by Gasteiger charge is 2.24. The fraction of sp³-hybridized carbons (Fsp3) is 0.417. The molecular weight excluding hydrogens is 255 g/mol. The first-order valence-electron chi connectivity index (χ1n) is 5.56. The lowest BCUT2D eigenvalue weighted by Crippen LogP contribution is -2.36. The summed E-state index contributed by atoms with van der Waals surface area (Å²) in [4.78, 5) is 21.8. The number of halogens is 1. The van der Waals surface area contributed by atoms with Gasteiger partial charge in [0.15, 0.2) is 0 Å². The number of carbonyl (C=O) groups is 1. The predicted octanol–water partition coefficient (Wildman–Crippen LogP) is 3.26. The third-order valence-electron chi connectivity index (χ3n) is 2.30. The van der Waals surface area contributed by atoms with Crippen molar-refractivity contribution in [3.63, 3.8) is 0 Å². The van der Waals surface area contributed by atoms with Crippen LogP contribution in [0.5, 0.6) is 0 Å². The van der Waals surface area contributed by atoms with E-state index < -0.39 is 22.5 Å². The SMILES string of the molecule is CC(C)(C)CN(C(=O)O)c1ccc([N+](=O)[O-])c(F)c1. The van der Waals surface area contributed by atoms with Crippen LogP contribution in [0.1, 0.15) is 20.8 Å². The van der Waals surface area contributed by atoms with E-state index in [0.29, 0.717) is 0 Å². The summed E-state index contributed by atoms with van der Waals surface area (Å²) in [6.07, 6.45) is -1.23. The topological polar surface area (TPSA) is 83.7 Å². The lowest BCUT2D eigenvalue weighted by atomic mass is 9.96. The summed E-state index contributed by atoms with van der Waals surface area (Å²) in [7, 11) is 0. The molecule has 0 unspecified atom stereocenters. The summed E-state index contributed by atoms with van der Waals surface area (Å²) in [5.74, 6) is -1.05. The summed E-state index contributed by atoms with van der Waals surface area (Å²) >= 11 is 0. The van der Waals surface area contributed by atoms with Crippen molar-refractivity contribution in [2.45, 2.75) is 20.8 Å². The van der Waals surface area contributed by atoms with E-state index in [9.17, 15) is 19.3 Å². The zero-order chi connectivity index (χ0) is 14.8. The Morgan fingerprint density at radius 3 is 2.42 bits per heavy atom. The molecular formula is C12H15FN2O4. The molecule has 0 fully saturated rings. The first-order valence-corrected chi connectivity index (χ1v) is 5.56. The molecule has 0 spiro atoms. The molecule has 1 amide bonds. The molecule has 0 radical (unpaired) electrons. The van der Waals surface area contributed by atoms with Gasteiger partial charge in [0, 0.05) is 18.7 Å². The van der Waals surface area contributed by atoms with E-state index in [2.05, 4.69) is 0 Å². The number of anilines is 1. The maximum absolute atomic E-state index is 13.5. The summed E-state index contributed by atoms with van der Waals surface area (Å²) in [6.45, 7) is 5.67. The Kier molecular flexibility index (Phi) is 4.08. The lowest BCUT2D eigenvalue weighted by molar-refractivity contribution is -0.387. The van der Waals surface area contributed by atoms with Gasteiger partial charge < -0.3 is 5.11 Å². The maximum atomic E-state index is 13.5. The van der Waals surface area contributed by atoms with Gasteiger partial charge in [-0.15, -0.1) is 0 Å². The molecule has 1 aromatic rings. The normalized spacial score (nSPS) is 11.2. The fourth-order valence-corrected chi connectivity index (χ4v) is 1.56. The molecule has 104 valence electrons. The Hall–Kier alpha value is -2.18. The second-order valence-corrected chi connectivity index (χ2v) is 5.32. The average molecular weight is 270 g/mol. The van der Waals surface area contributed by atoms with E-state index in [1.54, 1.807) is 0 Å². The molecule has 0 aliphatic carbocycles. The van der Waals surface area contributed by atoms with Gasteiger partial charge in [0.1, 0.15) is 0 Å². The number of benzene rings is 1. The first kappa shape index (κ1) is 14.9. The largest absolute Gasteiger partial charge is 0.465 e. The van der Waals surface area contributed by atoms with Crippen molar-refractivity contribution >= 4 is 17.5 Å². The molecule has 0 aliphatic rings. The number of carboxylic acid groups (broad SMARTS) is 1. The molecule has 0 heterocycles. The summed E-state index contributed by atoms with van der Waals surface area (Å²) in [6, 6.07) is 3.04. The number of nitrogens with zero attached hydrogens (tertiary/aromatic N) is 2. The van der Waals surface area contributed by atoms with Crippen LogP contribution in [0.4, 0.5) is 20.6 Å². The zero-order valence-corrected chi connectivity index (χ0v) is 10.9. The van der Waals surface area contributed by atoms with Gasteiger partial charge >= 0.3 is 11.8 Å². The van der Waals surface area contributed by atoms with E-state index >= 15 is 0 Å². The quantitative estimate of drug-likeness (QED) is 0.674. The molecule has 7 heteroatoms. The average Bonchev–Trinajstić information content (AvgIpc) is 2.23. The van der Waals surface area contributed by atoms with Crippen molar-refractivity contribution < 1.29 is 19.2 Å². The summed E-state index contributed by atoms with van der Waals surface area (Å²) in [5.41, 5.74) is -0.924. The first-order chi connectivity index (χ1) is 8.61. The van der Waals surface area contributed by atoms with Gasteiger partial charge in [-0.2, -0.15) is 4.39 Å². The smallest absolute Gasteiger partial charge is 0.411 e. The van der Waals surface area contributed by atoms with E-state index in [1.165, 1.54) is 6.07 Å². The number of hydrogen-bond acceptors (Lipinski definition) is 3. The van der Waals surface area contributed by atoms with Crippen molar-refractivity contribution in [3.05, 3.63) is 34.1 Å². The number of nitro benzene ring substituents is 1. The highest BCUT2D eigenvalue weighted by Crippen LogP contribution is 2.26. The van der Waals surface area contributed by atoms with Crippen molar-refractivity contribution in [2.24, 2.45) is 5.41 Å². The zero-order valence-electron chi connectivity index (χ0n) is 10.9. The Labute approximate surface area is 109 Å². The molecule has 1 rings (SSSR count). The van der Waals surface area contributed by atoms with Crippen LogP contribution in [0.2, 0.25) is 0 Å². The van der Waals surface area contributed by atoms with Crippen LogP contribution in [0, 0.1) is 21.3 Å². The highest BCUT2D eigenvalue weighted by atomic mass is 19.1.